The number of amides is 2. The van der Waals surface area contributed by atoms with E-state index in [1.54, 1.807) is 29.8 Å². The fourth-order valence-corrected chi connectivity index (χ4v) is 3.10. The van der Waals surface area contributed by atoms with Crippen LogP contribution in [0.5, 0.6) is 0 Å². The zero-order valence-electron chi connectivity index (χ0n) is 13.0. The van der Waals surface area contributed by atoms with E-state index < -0.39 is 0 Å². The van der Waals surface area contributed by atoms with Gasteiger partial charge in [-0.2, -0.15) is 11.3 Å². The lowest BCUT2D eigenvalue weighted by Gasteiger charge is -2.29. The van der Waals surface area contributed by atoms with Crippen LogP contribution in [0.3, 0.4) is 0 Å². The number of pyridine rings is 1. The van der Waals surface area contributed by atoms with Crippen molar-refractivity contribution < 1.29 is 4.79 Å². The zero-order chi connectivity index (χ0) is 15.8. The summed E-state index contributed by atoms with van der Waals surface area (Å²) in [5.41, 5.74) is 1.94. The molecule has 6 heteroatoms. The van der Waals surface area contributed by atoms with Crippen molar-refractivity contribution in [1.29, 1.82) is 0 Å². The minimum Gasteiger partial charge on any atom is -0.336 e. The van der Waals surface area contributed by atoms with Crippen LogP contribution in [-0.2, 0) is 0 Å². The molecule has 118 valence electrons. The van der Waals surface area contributed by atoms with Crippen molar-refractivity contribution in [3.63, 3.8) is 0 Å². The third kappa shape index (κ3) is 4.54. The van der Waals surface area contributed by atoms with Crippen molar-refractivity contribution in [1.82, 2.24) is 15.2 Å². The molecule has 2 aromatic rings. The summed E-state index contributed by atoms with van der Waals surface area (Å²) in [6, 6.07) is 5.71. The molecule has 1 atom stereocenters. The van der Waals surface area contributed by atoms with Gasteiger partial charge in [-0.15, -0.1) is 0 Å². The van der Waals surface area contributed by atoms with Crippen LogP contribution in [0.15, 0.2) is 41.4 Å². The largest absolute Gasteiger partial charge is 0.336 e. The van der Waals surface area contributed by atoms with E-state index in [2.05, 4.69) is 51.2 Å². The first-order chi connectivity index (χ1) is 10.7. The maximum atomic E-state index is 12.0. The van der Waals surface area contributed by atoms with Crippen LogP contribution in [0.25, 0.3) is 0 Å². The molecule has 2 heterocycles. The number of carbonyl (C=O) groups excluding carboxylic acids is 1. The fourth-order valence-electron chi connectivity index (χ4n) is 2.39. The molecular formula is C16H22N4OS. The van der Waals surface area contributed by atoms with E-state index in [1.807, 2.05) is 6.07 Å². The van der Waals surface area contributed by atoms with Gasteiger partial charge in [-0.3, -0.25) is 9.88 Å². The Morgan fingerprint density at radius 1 is 1.36 bits per heavy atom. The van der Waals surface area contributed by atoms with Gasteiger partial charge in [-0.25, -0.2) is 4.79 Å². The van der Waals surface area contributed by atoms with Crippen LogP contribution < -0.4 is 10.6 Å². The molecule has 0 aliphatic heterocycles. The Kier molecular flexibility index (Phi) is 6.36. The minimum atomic E-state index is -0.208. The first-order valence-electron chi connectivity index (χ1n) is 7.45. The summed E-state index contributed by atoms with van der Waals surface area (Å²) in [6.07, 6.45) is 3.30. The number of urea groups is 1. The Balaban J connectivity index is 1.95. The van der Waals surface area contributed by atoms with Gasteiger partial charge in [-0.05, 0) is 47.6 Å². The monoisotopic (exact) mass is 318 g/mol. The number of thiophene rings is 1. The van der Waals surface area contributed by atoms with Crippen molar-refractivity contribution in [2.75, 3.05) is 25.0 Å². The number of nitrogens with one attached hydrogen (secondary N) is 2. The SMILES string of the molecule is CCN(CC)[C@H](CNC(=O)Nc1cccnc1)c1ccsc1. The summed E-state index contributed by atoms with van der Waals surface area (Å²) in [5.74, 6) is 0. The molecule has 0 aromatic carbocycles. The highest BCUT2D eigenvalue weighted by molar-refractivity contribution is 7.07. The van der Waals surface area contributed by atoms with Crippen LogP contribution in [-0.4, -0.2) is 35.5 Å². The fraction of sp³-hybridized carbons (Fsp3) is 0.375. The van der Waals surface area contributed by atoms with Crippen LogP contribution in [0.1, 0.15) is 25.5 Å². The Morgan fingerprint density at radius 2 is 2.18 bits per heavy atom. The maximum Gasteiger partial charge on any atom is 0.319 e. The van der Waals surface area contributed by atoms with Gasteiger partial charge in [0.15, 0.2) is 0 Å². The van der Waals surface area contributed by atoms with Gasteiger partial charge in [0.2, 0.25) is 0 Å². The first kappa shape index (κ1) is 16.5. The van der Waals surface area contributed by atoms with Crippen molar-refractivity contribution in [3.05, 3.63) is 46.9 Å². The van der Waals surface area contributed by atoms with Crippen LogP contribution >= 0.6 is 11.3 Å². The van der Waals surface area contributed by atoms with Crippen LogP contribution in [0.4, 0.5) is 10.5 Å². The Morgan fingerprint density at radius 3 is 2.77 bits per heavy atom. The Labute approximate surface area is 135 Å². The number of likely N-dealkylation sites (N-methyl/N-ethyl adjacent to an activating group) is 1. The lowest BCUT2D eigenvalue weighted by molar-refractivity contribution is 0.210. The molecule has 2 amide bonds. The summed E-state index contributed by atoms with van der Waals surface area (Å²) in [4.78, 5) is 18.3. The lowest BCUT2D eigenvalue weighted by Crippen LogP contribution is -2.39. The number of aromatic nitrogens is 1. The number of anilines is 1. The third-order valence-electron chi connectivity index (χ3n) is 3.56. The average molecular weight is 318 g/mol. The molecular weight excluding hydrogens is 296 g/mol. The molecule has 0 aliphatic rings. The number of hydrogen-bond donors (Lipinski definition) is 2. The molecule has 0 bridgehead atoms. The quantitative estimate of drug-likeness (QED) is 0.823. The number of hydrogen-bond acceptors (Lipinski definition) is 4. The molecule has 0 saturated heterocycles. The topological polar surface area (TPSA) is 57.3 Å². The molecule has 2 aromatic heterocycles. The van der Waals surface area contributed by atoms with Crippen LogP contribution in [0.2, 0.25) is 0 Å². The molecule has 2 N–H and O–H groups in total. The highest BCUT2D eigenvalue weighted by Gasteiger charge is 2.19. The molecule has 2 rings (SSSR count). The molecule has 0 unspecified atom stereocenters. The van der Waals surface area contributed by atoms with E-state index in [1.165, 1.54) is 5.56 Å². The molecule has 0 spiro atoms. The predicted octanol–water partition coefficient (Wildman–Crippen LogP) is 3.35. The Bertz CT molecular complexity index is 555. The second-order valence-corrected chi connectivity index (χ2v) is 5.65. The predicted molar refractivity (Wildman–Crippen MR) is 91.2 cm³/mol. The minimum absolute atomic E-state index is 0.195. The van der Waals surface area contributed by atoms with E-state index >= 15 is 0 Å². The van der Waals surface area contributed by atoms with Gasteiger partial charge in [0, 0.05) is 12.7 Å². The molecule has 0 radical (unpaired) electrons. The van der Waals surface area contributed by atoms with Crippen molar-refractivity contribution in [3.8, 4) is 0 Å². The number of nitrogens with zero attached hydrogens (tertiary/aromatic N) is 2. The lowest BCUT2D eigenvalue weighted by atomic mass is 10.1. The van der Waals surface area contributed by atoms with Gasteiger partial charge in [0.05, 0.1) is 17.9 Å². The molecule has 0 saturated carbocycles. The summed E-state index contributed by atoms with van der Waals surface area (Å²) in [5, 5.41) is 9.96. The summed E-state index contributed by atoms with van der Waals surface area (Å²) in [6.45, 7) is 6.74. The van der Waals surface area contributed by atoms with Crippen molar-refractivity contribution in [2.24, 2.45) is 0 Å². The van der Waals surface area contributed by atoms with Gasteiger partial charge in [0.25, 0.3) is 0 Å². The highest BCUT2D eigenvalue weighted by atomic mass is 32.1. The van der Waals surface area contributed by atoms with Crippen LogP contribution in [0, 0.1) is 0 Å². The highest BCUT2D eigenvalue weighted by Crippen LogP contribution is 2.22. The molecule has 0 aliphatic carbocycles. The molecule has 22 heavy (non-hydrogen) atoms. The smallest absolute Gasteiger partial charge is 0.319 e. The Hall–Kier alpha value is -1.92. The van der Waals surface area contributed by atoms with Crippen molar-refractivity contribution >= 4 is 23.1 Å². The number of rotatable bonds is 7. The molecule has 0 fully saturated rings. The van der Waals surface area contributed by atoms with Gasteiger partial charge < -0.3 is 10.6 Å². The maximum absolute atomic E-state index is 12.0. The third-order valence-corrected chi connectivity index (χ3v) is 4.26. The van der Waals surface area contributed by atoms with E-state index in [9.17, 15) is 4.79 Å². The standard InChI is InChI=1S/C16H22N4OS/c1-3-20(4-2)15(13-7-9-22-12-13)11-18-16(21)19-14-6-5-8-17-10-14/h5-10,12,15H,3-4,11H2,1-2H3,(H2,18,19,21)/t15-/m1/s1. The second-order valence-electron chi connectivity index (χ2n) is 4.87. The van der Waals surface area contributed by atoms with E-state index in [-0.39, 0.29) is 12.1 Å². The number of carbonyl (C=O) groups is 1. The zero-order valence-corrected chi connectivity index (χ0v) is 13.8. The van der Waals surface area contributed by atoms with E-state index in [4.69, 9.17) is 0 Å². The normalized spacial score (nSPS) is 12.1. The van der Waals surface area contributed by atoms with Gasteiger partial charge >= 0.3 is 6.03 Å². The average Bonchev–Trinajstić information content (AvgIpc) is 3.06. The van der Waals surface area contributed by atoms with E-state index in [0.717, 1.165) is 13.1 Å². The summed E-state index contributed by atoms with van der Waals surface area (Å²) < 4.78 is 0. The van der Waals surface area contributed by atoms with Gasteiger partial charge in [-0.1, -0.05) is 13.8 Å². The second kappa shape index (κ2) is 8.51. The molecule has 5 nitrogen and oxygen atoms in total. The summed E-state index contributed by atoms with van der Waals surface area (Å²) >= 11 is 1.68. The van der Waals surface area contributed by atoms with Gasteiger partial charge in [0.1, 0.15) is 0 Å². The van der Waals surface area contributed by atoms with E-state index in [0.29, 0.717) is 12.2 Å². The summed E-state index contributed by atoms with van der Waals surface area (Å²) in [7, 11) is 0. The first-order valence-corrected chi connectivity index (χ1v) is 8.39. The van der Waals surface area contributed by atoms with Crippen molar-refractivity contribution in [2.45, 2.75) is 19.9 Å².